The number of rotatable bonds is 3. The number of ketones is 1. The predicted octanol–water partition coefficient (Wildman–Crippen LogP) is 3.60. The second-order valence-corrected chi connectivity index (χ2v) is 5.34. The Bertz CT molecular complexity index is 571. The van der Waals surface area contributed by atoms with Crippen LogP contribution < -0.4 is 0 Å². The summed E-state index contributed by atoms with van der Waals surface area (Å²) in [5.41, 5.74) is 3.91. The van der Waals surface area contributed by atoms with E-state index in [-0.39, 0.29) is 5.92 Å². The molecule has 0 spiro atoms. The summed E-state index contributed by atoms with van der Waals surface area (Å²) in [5.74, 6) is 0.593. The fourth-order valence-corrected chi connectivity index (χ4v) is 2.91. The van der Waals surface area contributed by atoms with Crippen LogP contribution in [0.15, 0.2) is 54.6 Å². The van der Waals surface area contributed by atoms with Gasteiger partial charge in [-0.15, -0.1) is 0 Å². The molecule has 2 aromatic carbocycles. The monoisotopic (exact) mass is 250 g/mol. The van der Waals surface area contributed by atoms with E-state index >= 15 is 0 Å². The SMILES string of the molecule is O=C(Cc1ccccc1)C1CCc2ccccc2C1. The van der Waals surface area contributed by atoms with Crippen molar-refractivity contribution in [1.29, 1.82) is 0 Å². The van der Waals surface area contributed by atoms with Crippen molar-refractivity contribution in [3.8, 4) is 0 Å². The van der Waals surface area contributed by atoms with Gasteiger partial charge in [-0.3, -0.25) is 4.79 Å². The van der Waals surface area contributed by atoms with Gasteiger partial charge in [0.25, 0.3) is 0 Å². The van der Waals surface area contributed by atoms with Gasteiger partial charge in [0.1, 0.15) is 5.78 Å². The van der Waals surface area contributed by atoms with Gasteiger partial charge in [0.2, 0.25) is 0 Å². The molecule has 1 nitrogen and oxygen atoms in total. The third-order valence-corrected chi connectivity index (χ3v) is 4.02. The van der Waals surface area contributed by atoms with E-state index in [0.29, 0.717) is 12.2 Å². The Balaban J connectivity index is 1.70. The first kappa shape index (κ1) is 12.2. The quantitative estimate of drug-likeness (QED) is 0.813. The Morgan fingerprint density at radius 3 is 2.42 bits per heavy atom. The fourth-order valence-electron chi connectivity index (χ4n) is 2.91. The normalized spacial score (nSPS) is 17.8. The average molecular weight is 250 g/mol. The molecule has 0 radical (unpaired) electrons. The van der Waals surface area contributed by atoms with Crippen LogP contribution in [0.5, 0.6) is 0 Å². The van der Waals surface area contributed by atoms with Gasteiger partial charge >= 0.3 is 0 Å². The van der Waals surface area contributed by atoms with Gasteiger partial charge < -0.3 is 0 Å². The summed E-state index contributed by atoms with van der Waals surface area (Å²) in [5, 5.41) is 0. The summed E-state index contributed by atoms with van der Waals surface area (Å²) < 4.78 is 0. The summed E-state index contributed by atoms with van der Waals surface area (Å²) in [4.78, 5) is 12.4. The lowest BCUT2D eigenvalue weighted by molar-refractivity contribution is -0.122. The van der Waals surface area contributed by atoms with E-state index in [0.717, 1.165) is 24.8 Å². The molecule has 0 aliphatic heterocycles. The standard InChI is InChI=1S/C18H18O/c19-18(12-14-6-2-1-3-7-14)17-11-10-15-8-4-5-9-16(15)13-17/h1-9,17H,10-13H2. The van der Waals surface area contributed by atoms with Crippen molar-refractivity contribution in [3.63, 3.8) is 0 Å². The van der Waals surface area contributed by atoms with Crippen LogP contribution in [-0.4, -0.2) is 5.78 Å². The summed E-state index contributed by atoms with van der Waals surface area (Å²) in [6, 6.07) is 18.6. The first-order valence-corrected chi connectivity index (χ1v) is 6.96. The topological polar surface area (TPSA) is 17.1 Å². The molecule has 1 atom stereocenters. The van der Waals surface area contributed by atoms with Crippen LogP contribution in [0.4, 0.5) is 0 Å². The average Bonchev–Trinajstić information content (AvgIpc) is 2.48. The van der Waals surface area contributed by atoms with Crippen LogP contribution >= 0.6 is 0 Å². The molecular formula is C18H18O. The lowest BCUT2D eigenvalue weighted by atomic mass is 9.80. The molecule has 96 valence electrons. The van der Waals surface area contributed by atoms with Gasteiger partial charge in [0, 0.05) is 12.3 Å². The largest absolute Gasteiger partial charge is 0.299 e. The maximum Gasteiger partial charge on any atom is 0.140 e. The number of benzene rings is 2. The lowest BCUT2D eigenvalue weighted by Crippen LogP contribution is -2.24. The Kier molecular flexibility index (Phi) is 3.45. The number of Topliss-reactive ketones (excluding diaryl/α,β-unsaturated/α-hetero) is 1. The number of carbonyl (C=O) groups excluding carboxylic acids is 1. The van der Waals surface area contributed by atoms with E-state index in [4.69, 9.17) is 0 Å². The van der Waals surface area contributed by atoms with Crippen LogP contribution in [-0.2, 0) is 24.1 Å². The van der Waals surface area contributed by atoms with Crippen LogP contribution in [0, 0.1) is 5.92 Å². The fraction of sp³-hybridized carbons (Fsp3) is 0.278. The van der Waals surface area contributed by atoms with Crippen molar-refractivity contribution < 1.29 is 4.79 Å². The number of fused-ring (bicyclic) bond motifs is 1. The first-order chi connectivity index (χ1) is 9.33. The summed E-state index contributed by atoms with van der Waals surface area (Å²) >= 11 is 0. The van der Waals surface area contributed by atoms with Crippen LogP contribution in [0.25, 0.3) is 0 Å². The smallest absolute Gasteiger partial charge is 0.140 e. The molecule has 0 bridgehead atoms. The minimum atomic E-state index is 0.204. The second-order valence-electron chi connectivity index (χ2n) is 5.34. The molecule has 1 aliphatic carbocycles. The number of hydrogen-bond donors (Lipinski definition) is 0. The van der Waals surface area contributed by atoms with Gasteiger partial charge in [0.15, 0.2) is 0 Å². The van der Waals surface area contributed by atoms with Crippen LogP contribution in [0.3, 0.4) is 0 Å². The summed E-state index contributed by atoms with van der Waals surface area (Å²) in [6.07, 6.45) is 3.54. The van der Waals surface area contributed by atoms with Gasteiger partial charge in [-0.2, -0.15) is 0 Å². The van der Waals surface area contributed by atoms with Crippen molar-refractivity contribution in [1.82, 2.24) is 0 Å². The number of hydrogen-bond acceptors (Lipinski definition) is 1. The molecule has 0 saturated carbocycles. The molecule has 0 fully saturated rings. The third kappa shape index (κ3) is 2.76. The van der Waals surface area contributed by atoms with Crippen molar-refractivity contribution >= 4 is 5.78 Å². The maximum absolute atomic E-state index is 12.4. The molecule has 1 unspecified atom stereocenters. The molecule has 1 aliphatic rings. The molecule has 1 heteroatoms. The van der Waals surface area contributed by atoms with Gasteiger partial charge in [-0.1, -0.05) is 54.6 Å². The van der Waals surface area contributed by atoms with Gasteiger partial charge in [-0.05, 0) is 36.0 Å². The Morgan fingerprint density at radius 1 is 0.947 bits per heavy atom. The highest BCUT2D eigenvalue weighted by Crippen LogP contribution is 2.26. The van der Waals surface area contributed by atoms with Gasteiger partial charge in [-0.25, -0.2) is 0 Å². The molecule has 0 saturated heterocycles. The summed E-state index contributed by atoms with van der Waals surface area (Å²) in [6.45, 7) is 0. The van der Waals surface area contributed by atoms with Crippen molar-refractivity contribution in [2.24, 2.45) is 5.92 Å². The van der Waals surface area contributed by atoms with E-state index < -0.39 is 0 Å². The second kappa shape index (κ2) is 5.40. The Morgan fingerprint density at radius 2 is 1.63 bits per heavy atom. The van der Waals surface area contributed by atoms with Crippen molar-refractivity contribution in [3.05, 3.63) is 71.3 Å². The molecular weight excluding hydrogens is 232 g/mol. The highest BCUT2D eigenvalue weighted by Gasteiger charge is 2.24. The van der Waals surface area contributed by atoms with E-state index in [1.165, 1.54) is 11.1 Å². The van der Waals surface area contributed by atoms with Crippen molar-refractivity contribution in [2.75, 3.05) is 0 Å². The number of aryl methyl sites for hydroxylation is 1. The molecule has 2 aromatic rings. The molecule has 3 rings (SSSR count). The van der Waals surface area contributed by atoms with E-state index in [2.05, 4.69) is 24.3 Å². The van der Waals surface area contributed by atoms with E-state index in [1.807, 2.05) is 30.3 Å². The predicted molar refractivity (Wildman–Crippen MR) is 77.1 cm³/mol. The zero-order valence-electron chi connectivity index (χ0n) is 11.0. The maximum atomic E-state index is 12.4. The van der Waals surface area contributed by atoms with Crippen LogP contribution in [0.2, 0.25) is 0 Å². The zero-order chi connectivity index (χ0) is 13.1. The van der Waals surface area contributed by atoms with Crippen molar-refractivity contribution in [2.45, 2.75) is 25.7 Å². The minimum absolute atomic E-state index is 0.204. The minimum Gasteiger partial charge on any atom is -0.299 e. The molecule has 0 heterocycles. The molecule has 0 aromatic heterocycles. The summed E-state index contributed by atoms with van der Waals surface area (Å²) in [7, 11) is 0. The molecule has 19 heavy (non-hydrogen) atoms. The number of carbonyl (C=O) groups is 1. The lowest BCUT2D eigenvalue weighted by Gasteiger charge is -2.23. The Labute approximate surface area is 114 Å². The third-order valence-electron chi connectivity index (χ3n) is 4.02. The molecule has 0 N–H and O–H groups in total. The molecule has 0 amide bonds. The highest BCUT2D eigenvalue weighted by molar-refractivity contribution is 5.83. The van der Waals surface area contributed by atoms with Gasteiger partial charge in [0.05, 0.1) is 0 Å². The van der Waals surface area contributed by atoms with Crippen LogP contribution in [0.1, 0.15) is 23.1 Å². The van der Waals surface area contributed by atoms with E-state index in [9.17, 15) is 4.79 Å². The van der Waals surface area contributed by atoms with E-state index in [1.54, 1.807) is 0 Å². The first-order valence-electron chi connectivity index (χ1n) is 6.96. The Hall–Kier alpha value is -1.89. The highest BCUT2D eigenvalue weighted by atomic mass is 16.1. The zero-order valence-corrected chi connectivity index (χ0v) is 11.0.